The summed E-state index contributed by atoms with van der Waals surface area (Å²) in [6.07, 6.45) is 7.75. The lowest BCUT2D eigenvalue weighted by Gasteiger charge is -2.41. The zero-order valence-corrected chi connectivity index (χ0v) is 13.7. The molecule has 0 spiro atoms. The Hall–Kier alpha value is -2.15. The lowest BCUT2D eigenvalue weighted by Crippen LogP contribution is -2.45. The number of carbonyl (C=O) groups excluding carboxylic acids is 1. The SMILES string of the molecule is COC(=O)c1cn2cc(C34COC(C)(C3)C4)nc2nc1OC1CC1. The Bertz CT molecular complexity index is 849. The van der Waals surface area contributed by atoms with Crippen LogP contribution >= 0.6 is 0 Å². The second-order valence-corrected chi connectivity index (χ2v) is 7.47. The summed E-state index contributed by atoms with van der Waals surface area (Å²) in [7, 11) is 1.36. The first-order chi connectivity index (χ1) is 11.5. The van der Waals surface area contributed by atoms with E-state index < -0.39 is 5.97 Å². The maximum Gasteiger partial charge on any atom is 0.344 e. The molecule has 2 saturated heterocycles. The van der Waals surface area contributed by atoms with E-state index in [9.17, 15) is 4.79 Å². The maximum absolute atomic E-state index is 12.1. The number of imidazole rings is 1. The van der Waals surface area contributed by atoms with Crippen LogP contribution in [0.25, 0.3) is 5.78 Å². The average Bonchev–Trinajstić information content (AvgIpc) is 3.00. The first kappa shape index (κ1) is 14.2. The minimum atomic E-state index is -0.450. The summed E-state index contributed by atoms with van der Waals surface area (Å²) in [6, 6.07) is 0. The second-order valence-electron chi connectivity index (χ2n) is 7.47. The van der Waals surface area contributed by atoms with Crippen LogP contribution in [0.2, 0.25) is 0 Å². The van der Waals surface area contributed by atoms with Crippen molar-refractivity contribution in [1.82, 2.24) is 14.4 Å². The van der Waals surface area contributed by atoms with Crippen molar-refractivity contribution in [3.05, 3.63) is 23.7 Å². The first-order valence-electron chi connectivity index (χ1n) is 8.30. The standard InChI is InChI=1S/C17H19N3O4/c1-16-7-17(8-16,9-23-16)12-6-20-5-11(14(21)22-2)13(19-15(20)18-12)24-10-3-4-10/h5-6,10H,3-4,7-9H2,1-2H3. The summed E-state index contributed by atoms with van der Waals surface area (Å²) >= 11 is 0. The van der Waals surface area contributed by atoms with Gasteiger partial charge in [-0.2, -0.15) is 4.98 Å². The van der Waals surface area contributed by atoms with Crippen LogP contribution in [0.3, 0.4) is 0 Å². The van der Waals surface area contributed by atoms with Gasteiger partial charge >= 0.3 is 5.97 Å². The van der Waals surface area contributed by atoms with Gasteiger partial charge in [-0.05, 0) is 32.6 Å². The van der Waals surface area contributed by atoms with Gasteiger partial charge in [0.15, 0.2) is 0 Å². The van der Waals surface area contributed by atoms with E-state index in [1.165, 1.54) is 7.11 Å². The molecular formula is C17H19N3O4. The molecule has 0 radical (unpaired) electrons. The van der Waals surface area contributed by atoms with E-state index in [0.717, 1.165) is 31.4 Å². The third-order valence-corrected chi connectivity index (χ3v) is 5.29. The van der Waals surface area contributed by atoms with E-state index in [1.807, 2.05) is 6.20 Å². The molecular weight excluding hydrogens is 310 g/mol. The van der Waals surface area contributed by atoms with Crippen LogP contribution in [0.5, 0.6) is 5.88 Å². The van der Waals surface area contributed by atoms with Gasteiger partial charge in [0.05, 0.1) is 25.0 Å². The molecule has 4 fully saturated rings. The van der Waals surface area contributed by atoms with Gasteiger partial charge in [0.25, 0.3) is 0 Å². The minimum absolute atomic E-state index is 0.000646. The fraction of sp³-hybridized carbons (Fsp3) is 0.588. The van der Waals surface area contributed by atoms with Gasteiger partial charge in [-0.25, -0.2) is 9.78 Å². The molecule has 0 amide bonds. The predicted octanol–water partition coefficient (Wildman–Crippen LogP) is 1.88. The summed E-state index contributed by atoms with van der Waals surface area (Å²) in [5, 5.41) is 0. The quantitative estimate of drug-likeness (QED) is 0.797. The van der Waals surface area contributed by atoms with E-state index in [2.05, 4.69) is 16.9 Å². The Labute approximate surface area is 138 Å². The van der Waals surface area contributed by atoms with Crippen molar-refractivity contribution in [2.75, 3.05) is 13.7 Å². The first-order valence-corrected chi connectivity index (χ1v) is 8.30. The molecule has 6 rings (SSSR count). The van der Waals surface area contributed by atoms with Crippen LogP contribution in [0.15, 0.2) is 12.4 Å². The number of nitrogens with zero attached hydrogens (tertiary/aromatic N) is 3. The molecule has 0 N–H and O–H groups in total. The fourth-order valence-electron chi connectivity index (χ4n) is 4.00. The summed E-state index contributed by atoms with van der Waals surface area (Å²) < 4.78 is 18.3. The van der Waals surface area contributed by atoms with Crippen molar-refractivity contribution < 1.29 is 19.0 Å². The number of fused-ring (bicyclic) bond motifs is 2. The molecule has 2 bridgehead atoms. The molecule has 2 aliphatic heterocycles. The van der Waals surface area contributed by atoms with Crippen molar-refractivity contribution in [3.63, 3.8) is 0 Å². The summed E-state index contributed by atoms with van der Waals surface area (Å²) in [6.45, 7) is 2.84. The van der Waals surface area contributed by atoms with Crippen LogP contribution in [0, 0.1) is 0 Å². The molecule has 0 atom stereocenters. The van der Waals surface area contributed by atoms with Gasteiger partial charge in [0.2, 0.25) is 11.7 Å². The summed E-state index contributed by atoms with van der Waals surface area (Å²) in [5.74, 6) is 0.407. The molecule has 24 heavy (non-hydrogen) atoms. The molecule has 0 unspecified atom stereocenters. The number of rotatable bonds is 4. The lowest BCUT2D eigenvalue weighted by atomic mass is 9.62. The van der Waals surface area contributed by atoms with Crippen molar-refractivity contribution in [2.24, 2.45) is 0 Å². The number of esters is 1. The fourth-order valence-corrected chi connectivity index (χ4v) is 4.00. The van der Waals surface area contributed by atoms with Gasteiger partial charge < -0.3 is 14.2 Å². The highest BCUT2D eigenvalue weighted by molar-refractivity contribution is 5.91. The van der Waals surface area contributed by atoms with E-state index in [-0.39, 0.29) is 17.1 Å². The Morgan fingerprint density at radius 2 is 2.12 bits per heavy atom. The van der Waals surface area contributed by atoms with Crippen LogP contribution in [0.1, 0.15) is 48.7 Å². The topological polar surface area (TPSA) is 75.0 Å². The van der Waals surface area contributed by atoms with Gasteiger partial charge in [-0.15, -0.1) is 0 Å². The van der Waals surface area contributed by atoms with Crippen molar-refractivity contribution in [1.29, 1.82) is 0 Å². The Morgan fingerprint density at radius 1 is 1.33 bits per heavy atom. The molecule has 2 saturated carbocycles. The van der Waals surface area contributed by atoms with Crippen LogP contribution in [-0.2, 0) is 14.9 Å². The normalized spacial score (nSPS) is 31.1. The van der Waals surface area contributed by atoms with Crippen LogP contribution < -0.4 is 4.74 Å². The highest BCUT2D eigenvalue weighted by Crippen LogP contribution is 2.58. The van der Waals surface area contributed by atoms with Crippen LogP contribution in [0.4, 0.5) is 0 Å². The zero-order chi connectivity index (χ0) is 16.5. The van der Waals surface area contributed by atoms with Crippen molar-refractivity contribution in [2.45, 2.75) is 49.7 Å². The molecule has 7 nitrogen and oxygen atoms in total. The predicted molar refractivity (Wildman–Crippen MR) is 83.2 cm³/mol. The van der Waals surface area contributed by atoms with Crippen LogP contribution in [-0.4, -0.2) is 45.8 Å². The van der Waals surface area contributed by atoms with Gasteiger partial charge in [0, 0.05) is 17.8 Å². The lowest BCUT2D eigenvalue weighted by molar-refractivity contribution is 0.0154. The number of carbonyl (C=O) groups is 1. The number of methoxy groups -OCH3 is 1. The highest BCUT2D eigenvalue weighted by Gasteiger charge is 2.61. The van der Waals surface area contributed by atoms with Crippen molar-refractivity contribution >= 4 is 11.7 Å². The Kier molecular flexibility index (Phi) is 2.65. The van der Waals surface area contributed by atoms with E-state index >= 15 is 0 Å². The number of hydrogen-bond acceptors (Lipinski definition) is 6. The molecule has 4 heterocycles. The van der Waals surface area contributed by atoms with E-state index in [1.54, 1.807) is 10.6 Å². The smallest absolute Gasteiger partial charge is 0.344 e. The third kappa shape index (κ3) is 1.97. The molecule has 0 aromatic carbocycles. The Morgan fingerprint density at radius 3 is 2.75 bits per heavy atom. The monoisotopic (exact) mass is 329 g/mol. The zero-order valence-electron chi connectivity index (χ0n) is 13.7. The van der Waals surface area contributed by atoms with Gasteiger partial charge in [0.1, 0.15) is 11.7 Å². The molecule has 4 aliphatic rings. The highest BCUT2D eigenvalue weighted by atomic mass is 16.5. The van der Waals surface area contributed by atoms with E-state index in [0.29, 0.717) is 23.8 Å². The molecule has 2 aliphatic carbocycles. The molecule has 2 aromatic heterocycles. The summed E-state index contributed by atoms with van der Waals surface area (Å²) in [5.41, 5.74) is 1.30. The number of ether oxygens (including phenoxy) is 3. The minimum Gasteiger partial charge on any atom is -0.474 e. The number of hydrogen-bond donors (Lipinski definition) is 0. The maximum atomic E-state index is 12.1. The largest absolute Gasteiger partial charge is 0.474 e. The molecule has 126 valence electrons. The Balaban J connectivity index is 1.57. The average molecular weight is 329 g/mol. The van der Waals surface area contributed by atoms with Crippen molar-refractivity contribution in [3.8, 4) is 5.88 Å². The van der Waals surface area contributed by atoms with Gasteiger partial charge in [-0.3, -0.25) is 4.40 Å². The summed E-state index contributed by atoms with van der Waals surface area (Å²) in [4.78, 5) is 21.2. The van der Waals surface area contributed by atoms with E-state index in [4.69, 9.17) is 14.2 Å². The second kappa shape index (κ2) is 4.47. The third-order valence-electron chi connectivity index (χ3n) is 5.29. The van der Waals surface area contributed by atoms with Gasteiger partial charge in [-0.1, -0.05) is 0 Å². The number of aromatic nitrogens is 3. The molecule has 2 aromatic rings. The molecule has 7 heteroatoms.